The van der Waals surface area contributed by atoms with E-state index in [1.807, 2.05) is 19.0 Å². The monoisotopic (exact) mass is 400 g/mol. The number of rotatable bonds is 1. The van der Waals surface area contributed by atoms with Gasteiger partial charge in [0.15, 0.2) is 0 Å². The second-order valence-electron chi connectivity index (χ2n) is 7.78. The summed E-state index contributed by atoms with van der Waals surface area (Å²) in [5.41, 5.74) is 3.24. The van der Waals surface area contributed by atoms with Crippen LogP contribution >= 0.6 is 0 Å². The number of hydrogen-bond acceptors (Lipinski definition) is 4. The number of halogens is 1. The molecule has 0 unspecified atom stereocenters. The van der Waals surface area contributed by atoms with E-state index in [-0.39, 0.29) is 23.8 Å². The Hall–Kier alpha value is -2.94. The summed E-state index contributed by atoms with van der Waals surface area (Å²) in [6.45, 7) is 5.22. The van der Waals surface area contributed by atoms with Gasteiger partial charge in [0.05, 0.1) is 18.8 Å². The molecule has 1 aromatic heterocycles. The largest absolute Gasteiger partial charge is 0.322 e. The van der Waals surface area contributed by atoms with E-state index in [1.165, 1.54) is 6.07 Å². The number of aromatic nitrogens is 2. The highest BCUT2D eigenvalue weighted by Crippen LogP contribution is 2.28. The summed E-state index contributed by atoms with van der Waals surface area (Å²) in [6.07, 6.45) is 0.581. The highest BCUT2D eigenvalue weighted by molar-refractivity contribution is 5.95. The van der Waals surface area contributed by atoms with Gasteiger partial charge in [0.1, 0.15) is 11.5 Å². The Labute approximate surface area is 168 Å². The van der Waals surface area contributed by atoms with Crippen LogP contribution in [0.5, 0.6) is 0 Å². The van der Waals surface area contributed by atoms with Gasteiger partial charge in [-0.15, -0.1) is 0 Å². The van der Waals surface area contributed by atoms with Gasteiger partial charge in [-0.05, 0) is 37.6 Å². The van der Waals surface area contributed by atoms with E-state index in [1.54, 1.807) is 40.7 Å². The van der Waals surface area contributed by atoms with Crippen molar-refractivity contribution in [3.8, 4) is 0 Å². The van der Waals surface area contributed by atoms with E-state index in [4.69, 9.17) is 0 Å². The highest BCUT2D eigenvalue weighted by Gasteiger charge is 2.36. The maximum atomic E-state index is 13.5. The molecule has 8 nitrogen and oxygen atoms in total. The third-order valence-corrected chi connectivity index (χ3v) is 5.80. The van der Waals surface area contributed by atoms with E-state index in [0.29, 0.717) is 43.0 Å². The fraction of sp³-hybridized carbons (Fsp3) is 0.450. The van der Waals surface area contributed by atoms with Crippen LogP contribution in [0.4, 0.5) is 14.9 Å². The van der Waals surface area contributed by atoms with E-state index in [0.717, 1.165) is 11.3 Å². The number of fused-ring (bicyclic) bond motifs is 3. The third-order valence-electron chi connectivity index (χ3n) is 5.80. The van der Waals surface area contributed by atoms with Crippen LogP contribution in [0, 0.1) is 12.7 Å². The first-order valence-electron chi connectivity index (χ1n) is 9.67. The molecule has 4 rings (SSSR count). The van der Waals surface area contributed by atoms with Gasteiger partial charge in [0.25, 0.3) is 5.91 Å². The lowest BCUT2D eigenvalue weighted by Gasteiger charge is -2.33. The number of nitrogens with one attached hydrogen (secondary N) is 1. The minimum atomic E-state index is -0.311. The van der Waals surface area contributed by atoms with Crippen molar-refractivity contribution in [2.75, 3.05) is 26.0 Å². The lowest BCUT2D eigenvalue weighted by atomic mass is 9.99. The second kappa shape index (κ2) is 7.14. The van der Waals surface area contributed by atoms with Crippen molar-refractivity contribution in [2.24, 2.45) is 0 Å². The highest BCUT2D eigenvalue weighted by atomic mass is 19.1. The smallest absolute Gasteiger partial charge is 0.317 e. The maximum Gasteiger partial charge on any atom is 0.322 e. The third kappa shape index (κ3) is 3.35. The molecule has 1 N–H and O–H groups in total. The maximum absolute atomic E-state index is 13.5. The molecule has 0 radical (unpaired) electrons. The number of nitrogens with zero attached hydrogens (tertiary/aromatic N) is 5. The molecule has 3 amide bonds. The van der Waals surface area contributed by atoms with E-state index in [2.05, 4.69) is 10.4 Å². The van der Waals surface area contributed by atoms with Crippen molar-refractivity contribution < 1.29 is 14.0 Å². The molecule has 0 bridgehead atoms. The summed E-state index contributed by atoms with van der Waals surface area (Å²) < 4.78 is 15.3. The molecule has 2 aromatic rings. The summed E-state index contributed by atoms with van der Waals surface area (Å²) >= 11 is 0. The summed E-state index contributed by atoms with van der Waals surface area (Å²) in [7, 11) is 3.60. The van der Waals surface area contributed by atoms with E-state index < -0.39 is 0 Å². The molecule has 29 heavy (non-hydrogen) atoms. The van der Waals surface area contributed by atoms with Gasteiger partial charge in [-0.2, -0.15) is 5.10 Å². The first-order valence-corrected chi connectivity index (χ1v) is 9.67. The van der Waals surface area contributed by atoms with Crippen LogP contribution in [0.2, 0.25) is 0 Å². The quantitative estimate of drug-likeness (QED) is 0.797. The number of carbonyl (C=O) groups excluding carboxylic acids is 2. The van der Waals surface area contributed by atoms with Crippen LogP contribution in [0.3, 0.4) is 0 Å². The normalized spacial score (nSPS) is 19.6. The van der Waals surface area contributed by atoms with Gasteiger partial charge in [-0.1, -0.05) is 0 Å². The number of hydrogen-bond donors (Lipinski definition) is 1. The molecule has 0 saturated heterocycles. The summed E-state index contributed by atoms with van der Waals surface area (Å²) in [5.74, 6) is -0.433. The number of benzene rings is 1. The lowest BCUT2D eigenvalue weighted by Crippen LogP contribution is -2.45. The number of carbonyl (C=O) groups is 2. The predicted octanol–water partition coefficient (Wildman–Crippen LogP) is 2.24. The first-order chi connectivity index (χ1) is 13.8. The summed E-state index contributed by atoms with van der Waals surface area (Å²) in [5, 5.41) is 10.9. The molecule has 0 fully saturated rings. The lowest BCUT2D eigenvalue weighted by molar-refractivity contribution is 0.0240. The van der Waals surface area contributed by atoms with E-state index >= 15 is 0 Å². The number of aryl methyl sites for hydroxylation is 1. The van der Waals surface area contributed by atoms with Crippen molar-refractivity contribution >= 4 is 17.6 Å². The zero-order chi connectivity index (χ0) is 20.9. The Morgan fingerprint density at radius 1 is 1.28 bits per heavy atom. The molecule has 9 heteroatoms. The first kappa shape index (κ1) is 19.4. The molecule has 3 heterocycles. The van der Waals surface area contributed by atoms with Gasteiger partial charge in [0, 0.05) is 44.4 Å². The van der Waals surface area contributed by atoms with Crippen molar-refractivity contribution in [2.45, 2.75) is 39.4 Å². The zero-order valence-electron chi connectivity index (χ0n) is 17.1. The Bertz CT molecular complexity index is 988. The Morgan fingerprint density at radius 2 is 2.03 bits per heavy atom. The molecule has 154 valence electrons. The van der Waals surface area contributed by atoms with Crippen molar-refractivity contribution in [1.29, 1.82) is 0 Å². The Kier molecular flexibility index (Phi) is 4.77. The number of amides is 3. The van der Waals surface area contributed by atoms with Gasteiger partial charge in [-0.25, -0.2) is 14.2 Å². The van der Waals surface area contributed by atoms with Gasteiger partial charge < -0.3 is 10.2 Å². The average Bonchev–Trinajstić information content (AvgIpc) is 2.99. The molecule has 2 aliphatic heterocycles. The van der Waals surface area contributed by atoms with Crippen LogP contribution in [-0.2, 0) is 19.5 Å². The molecule has 0 spiro atoms. The number of hydrazine groups is 1. The predicted molar refractivity (Wildman–Crippen MR) is 106 cm³/mol. The molecular formula is C20H25FN6O2. The van der Waals surface area contributed by atoms with Gasteiger partial charge >= 0.3 is 6.03 Å². The standard InChI is InChI=1S/C20H25FN6O2/c1-12-9-14(5-6-16(12)21)22-20(29)26-11-15-17(10-13(26)2)23-27-8-7-24(3)25(4)19(28)18(15)27/h5-6,9,13H,7-8,10-11H2,1-4H3,(H,22,29)/t13-/m1/s1. The molecule has 2 aliphatic rings. The van der Waals surface area contributed by atoms with Gasteiger partial charge in [0.2, 0.25) is 0 Å². The fourth-order valence-corrected chi connectivity index (χ4v) is 3.88. The number of anilines is 1. The molecule has 0 aliphatic carbocycles. The SMILES string of the molecule is Cc1cc(NC(=O)N2Cc3c(nn4c3C(=O)N(C)N(C)CC4)C[C@H]2C)ccc1F. The summed E-state index contributed by atoms with van der Waals surface area (Å²) in [6, 6.07) is 4.14. The minimum absolute atomic E-state index is 0.0707. The van der Waals surface area contributed by atoms with Crippen molar-refractivity contribution in [1.82, 2.24) is 24.7 Å². The zero-order valence-corrected chi connectivity index (χ0v) is 17.1. The minimum Gasteiger partial charge on any atom is -0.317 e. The number of likely N-dealkylation sites (N-methyl/N-ethyl adjacent to an activating group) is 1. The van der Waals surface area contributed by atoms with Crippen molar-refractivity contribution in [3.63, 3.8) is 0 Å². The van der Waals surface area contributed by atoms with Crippen molar-refractivity contribution in [3.05, 3.63) is 46.5 Å². The number of urea groups is 1. The van der Waals surface area contributed by atoms with Crippen LogP contribution < -0.4 is 5.32 Å². The Morgan fingerprint density at radius 3 is 2.76 bits per heavy atom. The van der Waals surface area contributed by atoms with Crippen LogP contribution in [0.1, 0.15) is 34.2 Å². The molecular weight excluding hydrogens is 375 g/mol. The topological polar surface area (TPSA) is 73.7 Å². The average molecular weight is 400 g/mol. The summed E-state index contributed by atoms with van der Waals surface area (Å²) in [4.78, 5) is 27.6. The molecule has 1 atom stereocenters. The second-order valence-corrected chi connectivity index (χ2v) is 7.78. The van der Waals surface area contributed by atoms with Crippen LogP contribution in [0.15, 0.2) is 18.2 Å². The van der Waals surface area contributed by atoms with Crippen LogP contribution in [-0.4, -0.2) is 63.3 Å². The fourth-order valence-electron chi connectivity index (χ4n) is 3.88. The van der Waals surface area contributed by atoms with E-state index in [9.17, 15) is 14.0 Å². The molecule has 1 aromatic carbocycles. The molecule has 0 saturated carbocycles. The van der Waals surface area contributed by atoms with Crippen LogP contribution in [0.25, 0.3) is 0 Å². The Balaban J connectivity index is 1.61. The van der Waals surface area contributed by atoms with Gasteiger partial charge in [-0.3, -0.25) is 14.5 Å².